The summed E-state index contributed by atoms with van der Waals surface area (Å²) in [5, 5.41) is 9.59. The summed E-state index contributed by atoms with van der Waals surface area (Å²) in [5.41, 5.74) is 1.27. The molecule has 1 aromatic heterocycles. The summed E-state index contributed by atoms with van der Waals surface area (Å²) < 4.78 is 5.40. The standard InChI is InChI=1S/C27H38O4/c28-26(29)21-15-13-11-9-7-5-3-1-2-4-6-8-10-12-14-19-24-22-23-18-16-17-20-25(23)31-27(24)30/h1,3,16-18,20,22H,2,4-15,19,21H2,(H,28,29)/b3-1-. The van der Waals surface area contributed by atoms with Crippen LogP contribution in [0.15, 0.2) is 51.7 Å². The van der Waals surface area contributed by atoms with Crippen LogP contribution in [0.3, 0.4) is 0 Å². The van der Waals surface area contributed by atoms with Crippen molar-refractivity contribution in [2.24, 2.45) is 0 Å². The second kappa shape index (κ2) is 15.4. The number of allylic oxidation sites excluding steroid dienone is 2. The molecule has 0 aliphatic carbocycles. The number of rotatable bonds is 17. The van der Waals surface area contributed by atoms with Crippen LogP contribution in [0.25, 0.3) is 11.0 Å². The van der Waals surface area contributed by atoms with Gasteiger partial charge in [0.1, 0.15) is 5.58 Å². The number of fused-ring (bicyclic) bond motifs is 1. The molecule has 0 aliphatic rings. The van der Waals surface area contributed by atoms with Gasteiger partial charge in [0.15, 0.2) is 0 Å². The van der Waals surface area contributed by atoms with E-state index in [1.807, 2.05) is 30.3 Å². The number of carboxylic acids is 1. The maximum absolute atomic E-state index is 12.1. The second-order valence-electron chi connectivity index (χ2n) is 8.43. The molecule has 31 heavy (non-hydrogen) atoms. The van der Waals surface area contributed by atoms with E-state index in [9.17, 15) is 9.59 Å². The first-order valence-electron chi connectivity index (χ1n) is 12.1. The van der Waals surface area contributed by atoms with E-state index < -0.39 is 5.97 Å². The minimum Gasteiger partial charge on any atom is -0.481 e. The molecule has 2 rings (SSSR count). The highest BCUT2D eigenvalue weighted by atomic mass is 16.4. The fraction of sp³-hybridized carbons (Fsp3) is 0.556. The molecule has 0 amide bonds. The van der Waals surface area contributed by atoms with Crippen molar-refractivity contribution < 1.29 is 14.3 Å². The Morgan fingerprint density at radius 1 is 0.806 bits per heavy atom. The van der Waals surface area contributed by atoms with Crippen molar-refractivity contribution in [2.45, 2.75) is 96.3 Å². The van der Waals surface area contributed by atoms with E-state index in [1.165, 1.54) is 38.5 Å². The lowest BCUT2D eigenvalue weighted by Crippen LogP contribution is -2.06. The summed E-state index contributed by atoms with van der Waals surface area (Å²) in [6.45, 7) is 0. The Labute approximate surface area is 186 Å². The molecule has 0 spiro atoms. The number of benzene rings is 1. The summed E-state index contributed by atoms with van der Waals surface area (Å²) in [5.74, 6) is -0.682. The van der Waals surface area contributed by atoms with Crippen LogP contribution < -0.4 is 5.63 Å². The Hall–Kier alpha value is -2.36. The summed E-state index contributed by atoms with van der Waals surface area (Å²) >= 11 is 0. The predicted octanol–water partition coefficient (Wildman–Crippen LogP) is 7.44. The second-order valence-corrected chi connectivity index (χ2v) is 8.43. The molecule has 0 unspecified atom stereocenters. The minimum atomic E-state index is -0.682. The summed E-state index contributed by atoms with van der Waals surface area (Å²) in [4.78, 5) is 22.5. The van der Waals surface area contributed by atoms with Gasteiger partial charge in [-0.25, -0.2) is 4.79 Å². The quantitative estimate of drug-likeness (QED) is 0.162. The third-order valence-corrected chi connectivity index (χ3v) is 5.71. The van der Waals surface area contributed by atoms with Gasteiger partial charge in [-0.2, -0.15) is 0 Å². The third-order valence-electron chi connectivity index (χ3n) is 5.71. The first-order chi connectivity index (χ1) is 15.2. The Morgan fingerprint density at radius 2 is 1.39 bits per heavy atom. The summed E-state index contributed by atoms with van der Waals surface area (Å²) in [7, 11) is 0. The molecule has 0 saturated heterocycles. The van der Waals surface area contributed by atoms with Gasteiger partial charge in [-0.15, -0.1) is 0 Å². The Balaban J connectivity index is 1.41. The molecule has 0 bridgehead atoms. The first kappa shape index (κ1) is 24.9. The van der Waals surface area contributed by atoms with E-state index in [-0.39, 0.29) is 5.63 Å². The van der Waals surface area contributed by atoms with Crippen molar-refractivity contribution in [3.05, 3.63) is 58.5 Å². The lowest BCUT2D eigenvalue weighted by molar-refractivity contribution is -0.137. The van der Waals surface area contributed by atoms with Crippen LogP contribution in [0.5, 0.6) is 0 Å². The maximum Gasteiger partial charge on any atom is 0.339 e. The molecular formula is C27H38O4. The first-order valence-corrected chi connectivity index (χ1v) is 12.1. The monoisotopic (exact) mass is 426 g/mol. The molecule has 0 aliphatic heterocycles. The van der Waals surface area contributed by atoms with E-state index >= 15 is 0 Å². The highest BCUT2D eigenvalue weighted by Gasteiger charge is 2.04. The normalized spacial score (nSPS) is 11.5. The van der Waals surface area contributed by atoms with Crippen LogP contribution in [0.2, 0.25) is 0 Å². The van der Waals surface area contributed by atoms with E-state index in [0.717, 1.165) is 62.3 Å². The zero-order chi connectivity index (χ0) is 22.2. The zero-order valence-electron chi connectivity index (χ0n) is 18.8. The van der Waals surface area contributed by atoms with Gasteiger partial charge >= 0.3 is 11.6 Å². The van der Waals surface area contributed by atoms with Gasteiger partial charge in [-0.3, -0.25) is 4.79 Å². The Bertz CT molecular complexity index is 850. The van der Waals surface area contributed by atoms with Gasteiger partial charge in [0.05, 0.1) is 0 Å². The number of hydrogen-bond donors (Lipinski definition) is 1. The number of unbranched alkanes of at least 4 members (excludes halogenated alkanes) is 11. The lowest BCUT2D eigenvalue weighted by atomic mass is 10.0. The molecule has 0 saturated carbocycles. The topological polar surface area (TPSA) is 67.5 Å². The smallest absolute Gasteiger partial charge is 0.339 e. The minimum absolute atomic E-state index is 0.191. The van der Waals surface area contributed by atoms with Gasteiger partial charge in [0.2, 0.25) is 0 Å². The molecule has 4 heteroatoms. The average Bonchev–Trinajstić information content (AvgIpc) is 2.76. The highest BCUT2D eigenvalue weighted by Crippen LogP contribution is 2.15. The van der Waals surface area contributed by atoms with Crippen molar-refractivity contribution in [1.82, 2.24) is 0 Å². The third kappa shape index (κ3) is 11.0. The molecule has 0 fully saturated rings. The Kier molecular flexibility index (Phi) is 12.4. The van der Waals surface area contributed by atoms with E-state index in [1.54, 1.807) is 0 Å². The van der Waals surface area contributed by atoms with Crippen LogP contribution >= 0.6 is 0 Å². The van der Waals surface area contributed by atoms with Crippen molar-refractivity contribution in [3.8, 4) is 0 Å². The van der Waals surface area contributed by atoms with Crippen molar-refractivity contribution in [3.63, 3.8) is 0 Å². The zero-order valence-corrected chi connectivity index (χ0v) is 18.8. The number of para-hydroxylation sites is 1. The predicted molar refractivity (Wildman–Crippen MR) is 128 cm³/mol. The number of aliphatic carboxylic acids is 1. The SMILES string of the molecule is O=C(O)CCCCCCC/C=C\CCCCCCCCc1cc2ccccc2oc1=O. The van der Waals surface area contributed by atoms with Crippen molar-refractivity contribution in [1.29, 1.82) is 0 Å². The number of carboxylic acid groups (broad SMARTS) is 1. The fourth-order valence-corrected chi connectivity index (χ4v) is 3.87. The Morgan fingerprint density at radius 3 is 2.06 bits per heavy atom. The van der Waals surface area contributed by atoms with Crippen LogP contribution in [0, 0.1) is 0 Å². The molecule has 1 N–H and O–H groups in total. The molecule has 2 aromatic rings. The lowest BCUT2D eigenvalue weighted by Gasteiger charge is -2.03. The maximum atomic E-state index is 12.1. The molecule has 4 nitrogen and oxygen atoms in total. The molecule has 170 valence electrons. The summed E-state index contributed by atoms with van der Waals surface area (Å²) in [6.07, 6.45) is 20.6. The fourth-order valence-electron chi connectivity index (χ4n) is 3.87. The summed E-state index contributed by atoms with van der Waals surface area (Å²) in [6, 6.07) is 9.66. The number of hydrogen-bond acceptors (Lipinski definition) is 3. The molecule has 1 aromatic carbocycles. The molecular weight excluding hydrogens is 388 g/mol. The van der Waals surface area contributed by atoms with Crippen molar-refractivity contribution in [2.75, 3.05) is 0 Å². The number of aryl methyl sites for hydroxylation is 1. The highest BCUT2D eigenvalue weighted by molar-refractivity contribution is 5.76. The number of carbonyl (C=O) groups is 1. The average molecular weight is 427 g/mol. The van der Waals surface area contributed by atoms with Crippen LogP contribution in [-0.4, -0.2) is 11.1 Å². The van der Waals surface area contributed by atoms with Crippen LogP contribution in [-0.2, 0) is 11.2 Å². The van der Waals surface area contributed by atoms with E-state index in [2.05, 4.69) is 12.2 Å². The molecule has 0 radical (unpaired) electrons. The van der Waals surface area contributed by atoms with Gasteiger partial charge < -0.3 is 9.52 Å². The van der Waals surface area contributed by atoms with Crippen molar-refractivity contribution >= 4 is 16.9 Å². The molecule has 0 atom stereocenters. The van der Waals surface area contributed by atoms with Gasteiger partial charge in [-0.05, 0) is 57.1 Å². The van der Waals surface area contributed by atoms with Crippen LogP contribution in [0.1, 0.15) is 95.5 Å². The van der Waals surface area contributed by atoms with E-state index in [0.29, 0.717) is 12.0 Å². The van der Waals surface area contributed by atoms with Gasteiger partial charge in [0, 0.05) is 17.4 Å². The van der Waals surface area contributed by atoms with E-state index in [4.69, 9.17) is 9.52 Å². The largest absolute Gasteiger partial charge is 0.481 e. The van der Waals surface area contributed by atoms with Crippen LogP contribution in [0.4, 0.5) is 0 Å². The molecule has 1 heterocycles. The van der Waals surface area contributed by atoms with Gasteiger partial charge in [0.25, 0.3) is 0 Å². The van der Waals surface area contributed by atoms with Gasteiger partial charge in [-0.1, -0.05) is 75.3 Å².